The first kappa shape index (κ1) is 36.1. The van der Waals surface area contributed by atoms with Gasteiger partial charge >= 0.3 is 23.9 Å². The largest absolute Gasteiger partial charge is 0.462 e. The van der Waals surface area contributed by atoms with Crippen molar-refractivity contribution in [3.05, 3.63) is 0 Å². The summed E-state index contributed by atoms with van der Waals surface area (Å²) in [6, 6.07) is 0. The highest BCUT2D eigenvalue weighted by molar-refractivity contribution is 5.67. The molecule has 0 aromatic heterocycles. The summed E-state index contributed by atoms with van der Waals surface area (Å²) < 4.78 is 31.2. The minimum absolute atomic E-state index is 0.0750. The SMILES string of the molecule is CC(=O)O[C@@H]1C[C@@H]2[C@@]3(C)[C@H](OC(C)=O)C[C@@H](OC(C)=O)C(C)(C)[C@@H]3CC[C@@]2(C)[C@]2(C)CC[C@H]([C@]3(C)CC[C@H](C(C)(C)OC(C)=O)O3)[C@@H]12. The van der Waals surface area contributed by atoms with Crippen molar-refractivity contribution in [2.24, 2.45) is 45.3 Å². The number of fused-ring (bicyclic) bond motifs is 5. The number of carbonyl (C=O) groups excluding carboxylic acids is 4. The maximum atomic E-state index is 12.8. The van der Waals surface area contributed by atoms with Crippen molar-refractivity contribution in [3.63, 3.8) is 0 Å². The third kappa shape index (κ3) is 5.62. The molecule has 0 amide bonds. The molecule has 0 radical (unpaired) electrons. The summed E-state index contributed by atoms with van der Waals surface area (Å²) in [5.41, 5.74) is -2.31. The van der Waals surface area contributed by atoms with Crippen LogP contribution in [0.2, 0.25) is 0 Å². The fourth-order valence-corrected chi connectivity index (χ4v) is 12.5. The highest BCUT2D eigenvalue weighted by Crippen LogP contribution is 2.76. The monoisotopic (exact) mass is 660 g/mol. The van der Waals surface area contributed by atoms with Gasteiger partial charge in [-0.1, -0.05) is 34.6 Å². The van der Waals surface area contributed by atoms with Crippen LogP contribution in [0.1, 0.15) is 134 Å². The molecule has 0 aromatic rings. The molecule has 12 atom stereocenters. The summed E-state index contributed by atoms with van der Waals surface area (Å²) in [7, 11) is 0. The second-order valence-electron chi connectivity index (χ2n) is 17.8. The number of rotatable bonds is 6. The van der Waals surface area contributed by atoms with E-state index in [1.165, 1.54) is 27.7 Å². The van der Waals surface area contributed by atoms with E-state index in [-0.39, 0.29) is 82.1 Å². The van der Waals surface area contributed by atoms with Crippen LogP contribution in [0.3, 0.4) is 0 Å². The Balaban J connectivity index is 1.56. The van der Waals surface area contributed by atoms with Gasteiger partial charge in [-0.3, -0.25) is 19.2 Å². The lowest BCUT2D eigenvalue weighted by atomic mass is 9.34. The first-order chi connectivity index (χ1) is 21.5. The van der Waals surface area contributed by atoms with E-state index in [4.69, 9.17) is 23.7 Å². The molecule has 1 saturated heterocycles. The average Bonchev–Trinajstić information content (AvgIpc) is 3.50. The molecule has 0 bridgehead atoms. The van der Waals surface area contributed by atoms with Crippen LogP contribution in [0, 0.1) is 45.3 Å². The molecule has 1 aliphatic heterocycles. The summed E-state index contributed by atoms with van der Waals surface area (Å²) in [6.45, 7) is 23.4. The maximum absolute atomic E-state index is 12.8. The Kier molecular flexibility index (Phi) is 9.01. The van der Waals surface area contributed by atoms with Crippen molar-refractivity contribution >= 4 is 23.9 Å². The van der Waals surface area contributed by atoms with E-state index >= 15 is 0 Å². The number of esters is 4. The molecule has 9 nitrogen and oxygen atoms in total. The zero-order valence-electron chi connectivity index (χ0n) is 30.9. The normalized spacial score (nSPS) is 45.5. The first-order valence-corrected chi connectivity index (χ1v) is 17.9. The quantitative estimate of drug-likeness (QED) is 0.220. The molecule has 0 spiro atoms. The van der Waals surface area contributed by atoms with Crippen LogP contribution in [0.15, 0.2) is 0 Å². The Labute approximate surface area is 281 Å². The van der Waals surface area contributed by atoms with E-state index in [0.717, 1.165) is 38.5 Å². The highest BCUT2D eigenvalue weighted by atomic mass is 16.6. The van der Waals surface area contributed by atoms with Gasteiger partial charge < -0.3 is 23.7 Å². The molecular weight excluding hydrogens is 600 g/mol. The van der Waals surface area contributed by atoms with E-state index in [2.05, 4.69) is 41.5 Å². The summed E-state index contributed by atoms with van der Waals surface area (Å²) in [5.74, 6) is -0.828. The van der Waals surface area contributed by atoms with E-state index in [0.29, 0.717) is 12.8 Å². The van der Waals surface area contributed by atoms with Crippen molar-refractivity contribution in [2.75, 3.05) is 0 Å². The Morgan fingerprint density at radius 1 is 0.660 bits per heavy atom. The van der Waals surface area contributed by atoms with Gasteiger partial charge in [0.1, 0.15) is 23.9 Å². The molecule has 0 N–H and O–H groups in total. The molecule has 4 aliphatic carbocycles. The molecule has 0 aromatic carbocycles. The maximum Gasteiger partial charge on any atom is 0.303 e. The third-order valence-corrected chi connectivity index (χ3v) is 14.6. The molecule has 5 fully saturated rings. The van der Waals surface area contributed by atoms with Crippen molar-refractivity contribution in [1.82, 2.24) is 0 Å². The fourth-order valence-electron chi connectivity index (χ4n) is 12.5. The van der Waals surface area contributed by atoms with Gasteiger partial charge in [0.25, 0.3) is 0 Å². The van der Waals surface area contributed by atoms with Gasteiger partial charge in [0.15, 0.2) is 0 Å². The van der Waals surface area contributed by atoms with Crippen LogP contribution < -0.4 is 0 Å². The minimum atomic E-state index is -0.749. The number of hydrogen-bond donors (Lipinski definition) is 0. The molecule has 4 saturated carbocycles. The number of ether oxygens (including phenoxy) is 5. The van der Waals surface area contributed by atoms with Gasteiger partial charge in [0.05, 0.1) is 11.7 Å². The van der Waals surface area contributed by atoms with Crippen molar-refractivity contribution in [2.45, 2.75) is 170 Å². The molecule has 47 heavy (non-hydrogen) atoms. The van der Waals surface area contributed by atoms with Crippen LogP contribution in [0.4, 0.5) is 0 Å². The van der Waals surface area contributed by atoms with Gasteiger partial charge in [-0.05, 0) is 94.3 Å². The molecule has 266 valence electrons. The van der Waals surface area contributed by atoms with E-state index < -0.39 is 22.7 Å². The predicted octanol–water partition coefficient (Wildman–Crippen LogP) is 6.97. The summed E-state index contributed by atoms with van der Waals surface area (Å²) >= 11 is 0. The van der Waals surface area contributed by atoms with Crippen LogP contribution in [0.5, 0.6) is 0 Å². The summed E-state index contributed by atoms with van der Waals surface area (Å²) in [6.07, 6.45) is 5.20. The lowest BCUT2D eigenvalue weighted by molar-refractivity contribution is -0.281. The standard InChI is InChI=1S/C38H60O9/c1-21(39)43-26-19-28-35(9,17-14-27-33(5,6)30(44-22(2)40)20-31(38(27,28)12)45-23(3)41)36(10)16-13-25(32(26)36)37(11)18-15-29(47-37)34(7,8)46-24(4)42/h25-32H,13-20H2,1-12H3/t25-,26+,27-,28-,29+,30+,31+,32-,35+,36+,37-,38-/m0/s1. The summed E-state index contributed by atoms with van der Waals surface area (Å²) in [4.78, 5) is 49.6. The van der Waals surface area contributed by atoms with Crippen molar-refractivity contribution in [3.8, 4) is 0 Å². The zero-order valence-corrected chi connectivity index (χ0v) is 30.9. The highest BCUT2D eigenvalue weighted by Gasteiger charge is 2.75. The topological polar surface area (TPSA) is 114 Å². The van der Waals surface area contributed by atoms with Gasteiger partial charge in [0, 0.05) is 50.9 Å². The minimum Gasteiger partial charge on any atom is -0.462 e. The van der Waals surface area contributed by atoms with E-state index in [9.17, 15) is 19.2 Å². The number of carbonyl (C=O) groups is 4. The Bertz CT molecular complexity index is 1290. The van der Waals surface area contributed by atoms with Gasteiger partial charge in [-0.25, -0.2) is 0 Å². The average molecular weight is 661 g/mol. The smallest absolute Gasteiger partial charge is 0.303 e. The first-order valence-electron chi connectivity index (χ1n) is 17.9. The van der Waals surface area contributed by atoms with Crippen LogP contribution >= 0.6 is 0 Å². The molecular formula is C38H60O9. The van der Waals surface area contributed by atoms with Crippen LogP contribution in [-0.2, 0) is 42.9 Å². The van der Waals surface area contributed by atoms with E-state index in [1.54, 1.807) is 0 Å². The van der Waals surface area contributed by atoms with Gasteiger partial charge in [0.2, 0.25) is 0 Å². The molecule has 9 heteroatoms. The lowest BCUT2D eigenvalue weighted by Crippen LogP contribution is -2.70. The number of hydrogen-bond acceptors (Lipinski definition) is 9. The lowest BCUT2D eigenvalue weighted by Gasteiger charge is -2.71. The molecule has 0 unspecified atom stereocenters. The Morgan fingerprint density at radius 3 is 1.81 bits per heavy atom. The zero-order chi connectivity index (χ0) is 35.1. The van der Waals surface area contributed by atoms with E-state index in [1.807, 2.05) is 13.8 Å². The van der Waals surface area contributed by atoms with Gasteiger partial charge in [-0.2, -0.15) is 0 Å². The van der Waals surface area contributed by atoms with Crippen LogP contribution in [0.25, 0.3) is 0 Å². The molecule has 5 rings (SSSR count). The molecule has 5 aliphatic rings. The fraction of sp³-hybridized carbons (Fsp3) is 0.895. The molecule has 1 heterocycles. The second-order valence-corrected chi connectivity index (χ2v) is 17.8. The predicted molar refractivity (Wildman–Crippen MR) is 175 cm³/mol. The van der Waals surface area contributed by atoms with Crippen molar-refractivity contribution in [1.29, 1.82) is 0 Å². The summed E-state index contributed by atoms with van der Waals surface area (Å²) in [5, 5.41) is 0. The van der Waals surface area contributed by atoms with Crippen LogP contribution in [-0.4, -0.2) is 59.5 Å². The Hall–Kier alpha value is -2.16. The Morgan fingerprint density at radius 2 is 1.23 bits per heavy atom. The van der Waals surface area contributed by atoms with Gasteiger partial charge in [-0.15, -0.1) is 0 Å². The second kappa shape index (κ2) is 11.7. The third-order valence-electron chi connectivity index (χ3n) is 14.6. The van der Waals surface area contributed by atoms with Crippen molar-refractivity contribution < 1.29 is 42.9 Å².